The molecule has 1 amide bonds. The summed E-state index contributed by atoms with van der Waals surface area (Å²) in [4.78, 5) is 26.8. The topological polar surface area (TPSA) is 72.7 Å². The molecule has 8 heteroatoms. The molecule has 0 unspecified atom stereocenters. The van der Waals surface area contributed by atoms with Crippen LogP contribution in [-0.4, -0.2) is 25.4 Å². The fourth-order valence-electron chi connectivity index (χ4n) is 2.97. The van der Waals surface area contributed by atoms with Crippen molar-refractivity contribution >= 4 is 39.6 Å². The number of imidazole rings is 1. The van der Waals surface area contributed by atoms with E-state index in [1.165, 1.54) is 11.3 Å². The lowest BCUT2D eigenvalue weighted by Crippen LogP contribution is -2.23. The number of aromatic nitrogens is 4. The summed E-state index contributed by atoms with van der Waals surface area (Å²) in [5, 5.41) is 7.56. The number of carbonyl (C=O) groups excluding carboxylic acids is 1. The van der Waals surface area contributed by atoms with Crippen molar-refractivity contribution < 1.29 is 4.79 Å². The predicted molar refractivity (Wildman–Crippen MR) is 115 cm³/mol. The van der Waals surface area contributed by atoms with Crippen molar-refractivity contribution in [2.75, 3.05) is 0 Å². The second-order valence-corrected chi connectivity index (χ2v) is 8.13. The molecule has 0 saturated heterocycles. The van der Waals surface area contributed by atoms with Crippen molar-refractivity contribution in [1.82, 2.24) is 24.8 Å². The molecule has 0 saturated carbocycles. The summed E-state index contributed by atoms with van der Waals surface area (Å²) in [6, 6.07) is 15.8. The van der Waals surface area contributed by atoms with E-state index in [2.05, 4.69) is 20.3 Å². The van der Waals surface area contributed by atoms with Crippen LogP contribution in [0, 0.1) is 0 Å². The number of thiazole rings is 1. The monoisotopic (exact) mass is 417 g/mol. The molecule has 5 aromatic rings. The van der Waals surface area contributed by atoms with Crippen LogP contribution >= 0.6 is 22.7 Å². The maximum absolute atomic E-state index is 12.4. The fraction of sp³-hybridized carbons (Fsp3) is 0.0476. The Balaban J connectivity index is 1.26. The highest BCUT2D eigenvalue weighted by Crippen LogP contribution is 2.27. The Hall–Kier alpha value is -3.36. The number of nitrogens with one attached hydrogen (secondary N) is 1. The smallest absolute Gasteiger partial charge is 0.271 e. The van der Waals surface area contributed by atoms with Crippen molar-refractivity contribution in [2.45, 2.75) is 6.54 Å². The summed E-state index contributed by atoms with van der Waals surface area (Å²) in [5.41, 5.74) is 3.29. The molecule has 0 aliphatic carbocycles. The first-order valence-electron chi connectivity index (χ1n) is 8.93. The van der Waals surface area contributed by atoms with Gasteiger partial charge in [-0.2, -0.15) is 0 Å². The van der Waals surface area contributed by atoms with Crippen LogP contribution in [0.1, 0.15) is 16.1 Å². The van der Waals surface area contributed by atoms with Gasteiger partial charge in [0.1, 0.15) is 22.8 Å². The Labute approximate surface area is 174 Å². The van der Waals surface area contributed by atoms with Crippen molar-refractivity contribution in [3.05, 3.63) is 83.1 Å². The predicted octanol–water partition coefficient (Wildman–Crippen LogP) is 4.54. The summed E-state index contributed by atoms with van der Waals surface area (Å²) >= 11 is 3.09. The number of carbonyl (C=O) groups is 1. The van der Waals surface area contributed by atoms with Gasteiger partial charge >= 0.3 is 0 Å². The fourth-order valence-corrected chi connectivity index (χ4v) is 4.58. The van der Waals surface area contributed by atoms with Gasteiger partial charge < -0.3 is 5.32 Å². The van der Waals surface area contributed by atoms with E-state index in [0.717, 1.165) is 32.3 Å². The third-order valence-electron chi connectivity index (χ3n) is 4.43. The number of hydrogen-bond acceptors (Lipinski definition) is 6. The Morgan fingerprint density at radius 3 is 2.79 bits per heavy atom. The van der Waals surface area contributed by atoms with Gasteiger partial charge in [-0.15, -0.1) is 22.7 Å². The Bertz CT molecular complexity index is 1270. The first-order chi connectivity index (χ1) is 14.3. The number of hydrogen-bond donors (Lipinski definition) is 1. The van der Waals surface area contributed by atoms with E-state index < -0.39 is 0 Å². The average molecular weight is 418 g/mol. The molecule has 0 aliphatic rings. The summed E-state index contributed by atoms with van der Waals surface area (Å²) in [5.74, 6) is 0.600. The highest BCUT2D eigenvalue weighted by Gasteiger charge is 2.12. The first kappa shape index (κ1) is 17.7. The van der Waals surface area contributed by atoms with E-state index in [-0.39, 0.29) is 5.91 Å². The number of nitrogens with zero attached hydrogens (tertiary/aromatic N) is 4. The number of para-hydroxylation sites is 2. The van der Waals surface area contributed by atoms with E-state index >= 15 is 0 Å². The van der Waals surface area contributed by atoms with Gasteiger partial charge in [-0.3, -0.25) is 9.36 Å². The van der Waals surface area contributed by atoms with Crippen molar-refractivity contribution in [1.29, 1.82) is 0 Å². The second-order valence-electron chi connectivity index (χ2n) is 6.33. The minimum Gasteiger partial charge on any atom is -0.347 e. The number of fused-ring (bicyclic) bond motifs is 1. The van der Waals surface area contributed by atoms with Crippen LogP contribution in [0.15, 0.2) is 71.8 Å². The lowest BCUT2D eigenvalue weighted by molar-refractivity contribution is 0.0946. The minimum absolute atomic E-state index is 0.186. The molecule has 0 aliphatic heterocycles. The average Bonchev–Trinajstić information content (AvgIpc) is 3.52. The van der Waals surface area contributed by atoms with Gasteiger partial charge in [0.05, 0.1) is 15.9 Å². The normalized spacial score (nSPS) is 11.0. The molecule has 1 aromatic carbocycles. The minimum atomic E-state index is -0.186. The molecular weight excluding hydrogens is 402 g/mol. The Kier molecular flexibility index (Phi) is 4.63. The van der Waals surface area contributed by atoms with Crippen LogP contribution in [0.5, 0.6) is 0 Å². The summed E-state index contributed by atoms with van der Waals surface area (Å²) in [6.45, 7) is 0.392. The van der Waals surface area contributed by atoms with Crippen LogP contribution in [0.2, 0.25) is 0 Å². The van der Waals surface area contributed by atoms with Crippen LogP contribution in [-0.2, 0) is 6.54 Å². The van der Waals surface area contributed by atoms with Crippen molar-refractivity contribution in [2.24, 2.45) is 0 Å². The molecule has 0 fully saturated rings. The molecule has 1 N–H and O–H groups in total. The zero-order valence-electron chi connectivity index (χ0n) is 15.1. The van der Waals surface area contributed by atoms with E-state index in [1.807, 2.05) is 58.5 Å². The van der Waals surface area contributed by atoms with E-state index in [4.69, 9.17) is 0 Å². The van der Waals surface area contributed by atoms with Gasteiger partial charge in [0, 0.05) is 18.1 Å². The van der Waals surface area contributed by atoms with Crippen LogP contribution in [0.3, 0.4) is 0 Å². The van der Waals surface area contributed by atoms with Gasteiger partial charge in [-0.25, -0.2) is 15.0 Å². The number of benzene rings is 1. The molecule has 6 nitrogen and oxygen atoms in total. The third-order valence-corrected chi connectivity index (χ3v) is 6.31. The third kappa shape index (κ3) is 3.55. The van der Waals surface area contributed by atoms with Gasteiger partial charge in [-0.1, -0.05) is 24.3 Å². The number of pyridine rings is 1. The van der Waals surface area contributed by atoms with Crippen LogP contribution in [0.4, 0.5) is 0 Å². The molecule has 0 atom stereocenters. The van der Waals surface area contributed by atoms with Crippen LogP contribution in [0.25, 0.3) is 26.7 Å². The summed E-state index contributed by atoms with van der Waals surface area (Å²) in [6.07, 6.45) is 3.53. The van der Waals surface area contributed by atoms with E-state index in [1.54, 1.807) is 29.2 Å². The maximum Gasteiger partial charge on any atom is 0.271 e. The van der Waals surface area contributed by atoms with Crippen molar-refractivity contribution in [3.63, 3.8) is 0 Å². The zero-order chi connectivity index (χ0) is 19.6. The molecule has 5 rings (SSSR count). The summed E-state index contributed by atoms with van der Waals surface area (Å²) in [7, 11) is 0. The quantitative estimate of drug-likeness (QED) is 0.456. The molecule has 0 radical (unpaired) electrons. The standard InChI is InChI=1S/C21H15N5OS2/c27-20(16-12-29-21(25-16)18-6-3-9-28-18)23-11-14-7-8-19(22-10-14)26-13-24-15-4-1-2-5-17(15)26/h1-10,12-13H,11H2,(H,23,27). The number of rotatable bonds is 5. The largest absolute Gasteiger partial charge is 0.347 e. The molecule has 29 heavy (non-hydrogen) atoms. The van der Waals surface area contributed by atoms with E-state index in [9.17, 15) is 4.79 Å². The number of amides is 1. The van der Waals surface area contributed by atoms with Gasteiger partial charge in [0.25, 0.3) is 5.91 Å². The Morgan fingerprint density at radius 1 is 1.03 bits per heavy atom. The molecule has 0 spiro atoms. The van der Waals surface area contributed by atoms with E-state index in [0.29, 0.717) is 12.2 Å². The van der Waals surface area contributed by atoms with Crippen LogP contribution < -0.4 is 5.32 Å². The molecular formula is C21H15N5OS2. The summed E-state index contributed by atoms with van der Waals surface area (Å²) < 4.78 is 1.94. The zero-order valence-corrected chi connectivity index (χ0v) is 16.8. The van der Waals surface area contributed by atoms with Crippen molar-refractivity contribution in [3.8, 4) is 15.7 Å². The first-order valence-corrected chi connectivity index (χ1v) is 10.7. The lowest BCUT2D eigenvalue weighted by Gasteiger charge is -2.06. The molecule has 4 heterocycles. The lowest BCUT2D eigenvalue weighted by atomic mass is 10.2. The second kappa shape index (κ2) is 7.57. The Morgan fingerprint density at radius 2 is 1.97 bits per heavy atom. The highest BCUT2D eigenvalue weighted by molar-refractivity contribution is 7.20. The molecule has 142 valence electrons. The van der Waals surface area contributed by atoms with Gasteiger partial charge in [0.2, 0.25) is 0 Å². The maximum atomic E-state index is 12.4. The van der Waals surface area contributed by atoms with Gasteiger partial charge in [-0.05, 0) is 35.2 Å². The SMILES string of the molecule is O=C(NCc1ccc(-n2cnc3ccccc32)nc1)c1csc(-c2cccs2)n1. The highest BCUT2D eigenvalue weighted by atomic mass is 32.1. The molecule has 0 bridgehead atoms. The van der Waals surface area contributed by atoms with Gasteiger partial charge in [0.15, 0.2) is 0 Å². The molecule has 4 aromatic heterocycles. The number of thiophene rings is 1.